The number of carbonyl (C=O) groups excluding carboxylic acids is 3. The van der Waals surface area contributed by atoms with E-state index in [1.807, 2.05) is 11.8 Å². The molecule has 8 nitrogen and oxygen atoms in total. The lowest BCUT2D eigenvalue weighted by Crippen LogP contribution is -2.49. The van der Waals surface area contributed by atoms with Gasteiger partial charge in [0.25, 0.3) is 5.91 Å². The summed E-state index contributed by atoms with van der Waals surface area (Å²) in [6.07, 6.45) is 0.0316. The Kier molecular flexibility index (Phi) is 7.57. The molecule has 0 fully saturated rings. The highest BCUT2D eigenvalue weighted by molar-refractivity contribution is 6.27. The first-order chi connectivity index (χ1) is 11.4. The summed E-state index contributed by atoms with van der Waals surface area (Å²) in [5, 5.41) is 11.6. The van der Waals surface area contributed by atoms with E-state index >= 15 is 0 Å². The van der Waals surface area contributed by atoms with E-state index in [0.29, 0.717) is 23.6 Å². The van der Waals surface area contributed by atoms with Gasteiger partial charge in [-0.25, -0.2) is 9.59 Å². The maximum atomic E-state index is 12.3. The summed E-state index contributed by atoms with van der Waals surface area (Å²) in [6.45, 7) is 2.95. The van der Waals surface area contributed by atoms with Crippen molar-refractivity contribution >= 4 is 24.2 Å². The summed E-state index contributed by atoms with van der Waals surface area (Å²) in [5.41, 5.74) is 0.363. The molecule has 1 aromatic carbocycles. The summed E-state index contributed by atoms with van der Waals surface area (Å²) < 4.78 is 0. The molecule has 0 aromatic heterocycles. The average molecular weight is 335 g/mol. The average Bonchev–Trinajstić information content (AvgIpc) is 2.59. The number of hydrogen-bond acceptors (Lipinski definition) is 5. The fourth-order valence-electron chi connectivity index (χ4n) is 1.94. The number of benzene rings is 1. The van der Waals surface area contributed by atoms with Gasteiger partial charge in [-0.3, -0.25) is 14.5 Å². The molecule has 0 radical (unpaired) electrons. The van der Waals surface area contributed by atoms with E-state index in [4.69, 9.17) is 0 Å². The number of aliphatic carboxylic acids is 1. The van der Waals surface area contributed by atoms with Crippen molar-refractivity contribution in [2.45, 2.75) is 13.0 Å². The van der Waals surface area contributed by atoms with Crippen LogP contribution in [0.15, 0.2) is 30.3 Å². The molecule has 130 valence electrons. The summed E-state index contributed by atoms with van der Waals surface area (Å²) in [6, 6.07) is 5.86. The van der Waals surface area contributed by atoms with Crippen LogP contribution >= 0.6 is 0 Å². The predicted octanol–water partition coefficient (Wildman–Crippen LogP) is 0.501. The van der Waals surface area contributed by atoms with E-state index in [9.17, 15) is 24.3 Å². The number of amides is 3. The van der Waals surface area contributed by atoms with E-state index in [0.717, 1.165) is 0 Å². The van der Waals surface area contributed by atoms with Gasteiger partial charge in [-0.05, 0) is 19.2 Å². The number of carboxylic acids is 1. The SMILES string of the molecule is CCN(C)CCN(C(=O)C=O)C(=O)NC(C(=O)O)c1ccccc1. The largest absolute Gasteiger partial charge is 0.479 e. The summed E-state index contributed by atoms with van der Waals surface area (Å²) in [7, 11) is 1.80. The maximum absolute atomic E-state index is 12.3. The first-order valence-corrected chi connectivity index (χ1v) is 7.44. The number of hydrogen-bond donors (Lipinski definition) is 2. The second-order valence-electron chi connectivity index (χ2n) is 5.14. The van der Waals surface area contributed by atoms with Crippen LogP contribution in [0.4, 0.5) is 4.79 Å². The van der Waals surface area contributed by atoms with Crippen LogP contribution in [0.5, 0.6) is 0 Å². The minimum Gasteiger partial charge on any atom is -0.479 e. The van der Waals surface area contributed by atoms with Gasteiger partial charge in [-0.2, -0.15) is 0 Å². The van der Waals surface area contributed by atoms with Crippen LogP contribution in [0, 0.1) is 0 Å². The smallest absolute Gasteiger partial charge is 0.330 e. The molecule has 0 aliphatic carbocycles. The van der Waals surface area contributed by atoms with Gasteiger partial charge >= 0.3 is 12.0 Å². The van der Waals surface area contributed by atoms with Crippen LogP contribution in [0.25, 0.3) is 0 Å². The van der Waals surface area contributed by atoms with Gasteiger partial charge in [0.1, 0.15) is 0 Å². The molecule has 0 saturated carbocycles. The van der Waals surface area contributed by atoms with Gasteiger partial charge in [0, 0.05) is 13.1 Å². The zero-order valence-electron chi connectivity index (χ0n) is 13.6. The molecular formula is C16H21N3O5. The van der Waals surface area contributed by atoms with Gasteiger partial charge in [-0.15, -0.1) is 0 Å². The number of rotatable bonds is 8. The maximum Gasteiger partial charge on any atom is 0.330 e. The van der Waals surface area contributed by atoms with Crippen LogP contribution in [0.2, 0.25) is 0 Å². The second kappa shape index (κ2) is 9.41. The minimum atomic E-state index is -1.32. The van der Waals surface area contributed by atoms with Crippen molar-refractivity contribution in [1.82, 2.24) is 15.1 Å². The molecule has 8 heteroatoms. The normalized spacial score (nSPS) is 11.6. The zero-order chi connectivity index (χ0) is 18.1. The Bertz CT molecular complexity index is 591. The molecule has 0 heterocycles. The van der Waals surface area contributed by atoms with Crippen molar-refractivity contribution in [3.63, 3.8) is 0 Å². The summed E-state index contributed by atoms with van der Waals surface area (Å²) in [5.74, 6) is -2.28. The Morgan fingerprint density at radius 2 is 1.83 bits per heavy atom. The van der Waals surface area contributed by atoms with Crippen LogP contribution in [0.1, 0.15) is 18.5 Å². The molecule has 1 rings (SSSR count). The van der Waals surface area contributed by atoms with Crippen molar-refractivity contribution in [2.24, 2.45) is 0 Å². The number of nitrogens with one attached hydrogen (secondary N) is 1. The van der Waals surface area contributed by atoms with Gasteiger partial charge in [0.2, 0.25) is 6.29 Å². The Balaban J connectivity index is 2.90. The molecular weight excluding hydrogens is 314 g/mol. The minimum absolute atomic E-state index is 0.0190. The third-order valence-electron chi connectivity index (χ3n) is 3.50. The van der Waals surface area contributed by atoms with Crippen LogP contribution in [-0.2, 0) is 14.4 Å². The van der Waals surface area contributed by atoms with Crippen LogP contribution in [-0.4, -0.2) is 65.8 Å². The second-order valence-corrected chi connectivity index (χ2v) is 5.14. The third kappa shape index (κ3) is 5.47. The standard InChI is InChI=1S/C16H21N3O5/c1-3-18(2)9-10-19(13(21)11-20)16(24)17-14(15(22)23)12-7-5-4-6-8-12/h4-8,11,14H,3,9-10H2,1-2H3,(H,17,24)(H,22,23). The number of urea groups is 1. The fourth-order valence-corrected chi connectivity index (χ4v) is 1.94. The lowest BCUT2D eigenvalue weighted by molar-refractivity contribution is -0.140. The molecule has 0 saturated heterocycles. The molecule has 0 aliphatic rings. The van der Waals surface area contributed by atoms with Crippen molar-refractivity contribution in [2.75, 3.05) is 26.7 Å². The monoisotopic (exact) mass is 335 g/mol. The quantitative estimate of drug-likeness (QED) is 0.529. The fraction of sp³-hybridized carbons (Fsp3) is 0.375. The molecule has 1 unspecified atom stereocenters. The number of imide groups is 1. The highest BCUT2D eigenvalue weighted by Gasteiger charge is 2.27. The molecule has 3 amide bonds. The Hall–Kier alpha value is -2.74. The van der Waals surface area contributed by atoms with E-state index in [1.54, 1.807) is 37.4 Å². The van der Waals surface area contributed by atoms with E-state index in [2.05, 4.69) is 5.32 Å². The molecule has 0 bridgehead atoms. The molecule has 24 heavy (non-hydrogen) atoms. The van der Waals surface area contributed by atoms with Gasteiger partial charge < -0.3 is 15.3 Å². The first kappa shape index (κ1) is 19.3. The van der Waals surface area contributed by atoms with E-state index in [1.165, 1.54) is 0 Å². The number of nitrogens with zero attached hydrogens (tertiary/aromatic N) is 2. The molecule has 0 spiro atoms. The lowest BCUT2D eigenvalue weighted by Gasteiger charge is -2.24. The summed E-state index contributed by atoms with van der Waals surface area (Å²) in [4.78, 5) is 48.7. The van der Waals surface area contributed by atoms with Gasteiger partial charge in [0.15, 0.2) is 6.04 Å². The first-order valence-electron chi connectivity index (χ1n) is 7.44. The van der Waals surface area contributed by atoms with Crippen LogP contribution in [0.3, 0.4) is 0 Å². The lowest BCUT2D eigenvalue weighted by atomic mass is 10.1. The van der Waals surface area contributed by atoms with Crippen molar-refractivity contribution in [1.29, 1.82) is 0 Å². The Morgan fingerprint density at radius 1 is 1.21 bits per heavy atom. The van der Waals surface area contributed by atoms with Crippen molar-refractivity contribution < 1.29 is 24.3 Å². The molecule has 1 aromatic rings. The third-order valence-corrected chi connectivity index (χ3v) is 3.50. The predicted molar refractivity (Wildman–Crippen MR) is 86.3 cm³/mol. The van der Waals surface area contributed by atoms with Crippen molar-refractivity contribution in [3.8, 4) is 0 Å². The van der Waals surface area contributed by atoms with E-state index < -0.39 is 23.9 Å². The number of carboxylic acid groups (broad SMARTS) is 1. The van der Waals surface area contributed by atoms with Crippen molar-refractivity contribution in [3.05, 3.63) is 35.9 Å². The molecule has 2 N–H and O–H groups in total. The topological polar surface area (TPSA) is 107 Å². The Morgan fingerprint density at radius 3 is 2.33 bits per heavy atom. The summed E-state index contributed by atoms with van der Waals surface area (Å²) >= 11 is 0. The van der Waals surface area contributed by atoms with Crippen LogP contribution < -0.4 is 5.32 Å². The van der Waals surface area contributed by atoms with Gasteiger partial charge in [-0.1, -0.05) is 37.3 Å². The zero-order valence-corrected chi connectivity index (χ0v) is 13.6. The number of aldehydes is 1. The van der Waals surface area contributed by atoms with Gasteiger partial charge in [0.05, 0.1) is 0 Å². The highest BCUT2D eigenvalue weighted by Crippen LogP contribution is 2.13. The number of carbonyl (C=O) groups is 4. The highest BCUT2D eigenvalue weighted by atomic mass is 16.4. The number of likely N-dealkylation sites (N-methyl/N-ethyl adjacent to an activating group) is 1. The molecule has 0 aliphatic heterocycles. The Labute approximate surface area is 140 Å². The molecule has 1 atom stereocenters. The van der Waals surface area contributed by atoms with E-state index in [-0.39, 0.29) is 12.8 Å².